The summed E-state index contributed by atoms with van der Waals surface area (Å²) in [6, 6.07) is 12.7. The topological polar surface area (TPSA) is 40.9 Å². The molecule has 0 N–H and O–H groups in total. The van der Waals surface area contributed by atoms with Crippen LogP contribution in [0.1, 0.15) is 15.9 Å². The third-order valence-corrected chi connectivity index (χ3v) is 2.48. The second-order valence-corrected chi connectivity index (χ2v) is 3.51. The Hall–Kier alpha value is -2.47. The van der Waals surface area contributed by atoms with Gasteiger partial charge >= 0.3 is 0 Å². The Bertz CT molecular complexity index is 614. The van der Waals surface area contributed by atoms with E-state index in [2.05, 4.69) is 0 Å². The molecule has 2 nitrogen and oxygen atoms in total. The predicted molar refractivity (Wildman–Crippen MR) is 61.9 cm³/mol. The quantitative estimate of drug-likeness (QED) is 0.736. The van der Waals surface area contributed by atoms with E-state index >= 15 is 0 Å². The smallest absolute Gasteiger partial charge is 0.150 e. The molecular formula is C14H8FNO. The van der Waals surface area contributed by atoms with Gasteiger partial charge in [0.25, 0.3) is 0 Å². The summed E-state index contributed by atoms with van der Waals surface area (Å²) in [6.45, 7) is 0. The molecule has 0 aliphatic heterocycles. The molecular weight excluding hydrogens is 217 g/mol. The van der Waals surface area contributed by atoms with Gasteiger partial charge in [0.15, 0.2) is 6.29 Å². The van der Waals surface area contributed by atoms with Gasteiger partial charge < -0.3 is 0 Å². The first-order chi connectivity index (χ1) is 8.26. The van der Waals surface area contributed by atoms with Crippen LogP contribution in [0.2, 0.25) is 0 Å². The monoisotopic (exact) mass is 225 g/mol. The minimum absolute atomic E-state index is 0.348. The normalized spacial score (nSPS) is 9.65. The molecule has 17 heavy (non-hydrogen) atoms. The summed E-state index contributed by atoms with van der Waals surface area (Å²) < 4.78 is 13.2. The van der Waals surface area contributed by atoms with E-state index in [0.29, 0.717) is 28.5 Å². The molecule has 0 unspecified atom stereocenters. The Balaban J connectivity index is 2.72. The number of rotatable bonds is 2. The molecule has 82 valence electrons. The van der Waals surface area contributed by atoms with Crippen LogP contribution in [0.3, 0.4) is 0 Å². The van der Waals surface area contributed by atoms with Gasteiger partial charge in [-0.15, -0.1) is 0 Å². The molecule has 0 spiro atoms. The summed E-state index contributed by atoms with van der Waals surface area (Å²) in [5.41, 5.74) is 1.80. The van der Waals surface area contributed by atoms with Gasteiger partial charge in [0.1, 0.15) is 5.82 Å². The number of nitriles is 1. The van der Waals surface area contributed by atoms with Crippen molar-refractivity contribution in [2.24, 2.45) is 0 Å². The minimum Gasteiger partial charge on any atom is -0.298 e. The lowest BCUT2D eigenvalue weighted by Gasteiger charge is -2.06. The third-order valence-electron chi connectivity index (χ3n) is 2.48. The number of hydrogen-bond donors (Lipinski definition) is 0. The second-order valence-electron chi connectivity index (χ2n) is 3.51. The fraction of sp³-hybridized carbons (Fsp3) is 0. The van der Waals surface area contributed by atoms with Crippen LogP contribution in [-0.4, -0.2) is 6.29 Å². The summed E-state index contributed by atoms with van der Waals surface area (Å²) in [7, 11) is 0. The first kappa shape index (κ1) is 11.0. The van der Waals surface area contributed by atoms with Gasteiger partial charge in [0.05, 0.1) is 11.6 Å². The summed E-state index contributed by atoms with van der Waals surface area (Å²) in [4.78, 5) is 10.9. The molecule has 0 amide bonds. The van der Waals surface area contributed by atoms with Crippen molar-refractivity contribution in [1.82, 2.24) is 0 Å². The summed E-state index contributed by atoms with van der Waals surface area (Å²) >= 11 is 0. The van der Waals surface area contributed by atoms with E-state index in [4.69, 9.17) is 5.26 Å². The molecule has 3 heteroatoms. The van der Waals surface area contributed by atoms with Gasteiger partial charge in [-0.2, -0.15) is 5.26 Å². The van der Waals surface area contributed by atoms with Crippen molar-refractivity contribution in [3.05, 3.63) is 59.4 Å². The Kier molecular flexibility index (Phi) is 2.97. The van der Waals surface area contributed by atoms with Crippen molar-refractivity contribution in [2.45, 2.75) is 0 Å². The van der Waals surface area contributed by atoms with Crippen LogP contribution < -0.4 is 0 Å². The molecule has 0 bridgehead atoms. The number of nitrogens with zero attached hydrogens (tertiary/aromatic N) is 1. The van der Waals surface area contributed by atoms with Gasteiger partial charge in [0.2, 0.25) is 0 Å². The van der Waals surface area contributed by atoms with E-state index in [1.165, 1.54) is 18.2 Å². The molecule has 0 fully saturated rings. The Morgan fingerprint density at radius 2 is 1.88 bits per heavy atom. The summed E-state index contributed by atoms with van der Waals surface area (Å²) in [5, 5.41) is 8.97. The van der Waals surface area contributed by atoms with Gasteiger partial charge in [-0.3, -0.25) is 4.79 Å². The van der Waals surface area contributed by atoms with Gasteiger partial charge in [-0.1, -0.05) is 24.3 Å². The zero-order valence-corrected chi connectivity index (χ0v) is 8.85. The van der Waals surface area contributed by atoms with E-state index in [1.807, 2.05) is 6.07 Å². The number of benzene rings is 2. The van der Waals surface area contributed by atoms with Crippen molar-refractivity contribution < 1.29 is 9.18 Å². The molecule has 0 saturated heterocycles. The molecule has 0 aliphatic rings. The SMILES string of the molecule is N#Cc1ccc(F)cc1-c1ccccc1C=O. The highest BCUT2D eigenvalue weighted by Crippen LogP contribution is 2.26. The predicted octanol–water partition coefficient (Wildman–Crippen LogP) is 3.18. The minimum atomic E-state index is -0.431. The maximum atomic E-state index is 13.2. The number of halogens is 1. The van der Waals surface area contributed by atoms with Crippen LogP contribution in [0, 0.1) is 17.1 Å². The third kappa shape index (κ3) is 2.06. The maximum absolute atomic E-state index is 13.2. The number of carbonyl (C=O) groups excluding carboxylic acids is 1. The van der Waals surface area contributed by atoms with Gasteiger partial charge in [0, 0.05) is 11.1 Å². The van der Waals surface area contributed by atoms with E-state index in [9.17, 15) is 9.18 Å². The second kappa shape index (κ2) is 4.58. The van der Waals surface area contributed by atoms with Crippen LogP contribution in [0.5, 0.6) is 0 Å². The van der Waals surface area contributed by atoms with E-state index in [1.54, 1.807) is 24.3 Å². The largest absolute Gasteiger partial charge is 0.298 e. The Labute approximate surface area is 97.9 Å². The van der Waals surface area contributed by atoms with Crippen LogP contribution in [-0.2, 0) is 0 Å². The van der Waals surface area contributed by atoms with Crippen LogP contribution in [0.4, 0.5) is 4.39 Å². The van der Waals surface area contributed by atoms with Crippen molar-refractivity contribution >= 4 is 6.29 Å². The lowest BCUT2D eigenvalue weighted by Crippen LogP contribution is -1.91. The van der Waals surface area contributed by atoms with Crippen molar-refractivity contribution in [2.75, 3.05) is 0 Å². The summed E-state index contributed by atoms with van der Waals surface area (Å²) in [5.74, 6) is -0.431. The molecule has 2 aromatic carbocycles. The van der Waals surface area contributed by atoms with Crippen molar-refractivity contribution in [1.29, 1.82) is 5.26 Å². The molecule has 0 radical (unpaired) electrons. The highest BCUT2D eigenvalue weighted by atomic mass is 19.1. The fourth-order valence-electron chi connectivity index (χ4n) is 1.68. The zero-order chi connectivity index (χ0) is 12.3. The number of aldehydes is 1. The highest BCUT2D eigenvalue weighted by Gasteiger charge is 2.09. The zero-order valence-electron chi connectivity index (χ0n) is 8.85. The Morgan fingerprint density at radius 1 is 1.12 bits per heavy atom. The van der Waals surface area contributed by atoms with E-state index in [-0.39, 0.29) is 0 Å². The first-order valence-corrected chi connectivity index (χ1v) is 5.00. The van der Waals surface area contributed by atoms with Crippen LogP contribution >= 0.6 is 0 Å². The van der Waals surface area contributed by atoms with Crippen molar-refractivity contribution in [3.63, 3.8) is 0 Å². The Morgan fingerprint density at radius 3 is 2.59 bits per heavy atom. The molecule has 2 rings (SSSR count). The molecule has 0 atom stereocenters. The maximum Gasteiger partial charge on any atom is 0.150 e. The number of hydrogen-bond acceptors (Lipinski definition) is 2. The summed E-state index contributed by atoms with van der Waals surface area (Å²) in [6.07, 6.45) is 0.696. The van der Waals surface area contributed by atoms with Gasteiger partial charge in [-0.25, -0.2) is 4.39 Å². The van der Waals surface area contributed by atoms with Gasteiger partial charge in [-0.05, 0) is 23.8 Å². The van der Waals surface area contributed by atoms with Crippen LogP contribution in [0.15, 0.2) is 42.5 Å². The molecule has 0 aliphatic carbocycles. The van der Waals surface area contributed by atoms with E-state index in [0.717, 1.165) is 0 Å². The average molecular weight is 225 g/mol. The highest BCUT2D eigenvalue weighted by molar-refractivity contribution is 5.89. The first-order valence-electron chi connectivity index (χ1n) is 5.00. The standard InChI is InChI=1S/C14H8FNO/c15-12-6-5-10(8-16)14(7-12)13-4-2-1-3-11(13)9-17/h1-7,9H. The van der Waals surface area contributed by atoms with Crippen molar-refractivity contribution in [3.8, 4) is 17.2 Å². The molecule has 2 aromatic rings. The molecule has 0 saturated carbocycles. The van der Waals surface area contributed by atoms with E-state index < -0.39 is 5.82 Å². The molecule has 0 aromatic heterocycles. The van der Waals surface area contributed by atoms with Crippen LogP contribution in [0.25, 0.3) is 11.1 Å². The lowest BCUT2D eigenvalue weighted by atomic mass is 9.96. The number of carbonyl (C=O) groups is 1. The molecule has 0 heterocycles. The average Bonchev–Trinajstić information content (AvgIpc) is 2.38. The lowest BCUT2D eigenvalue weighted by molar-refractivity contribution is 0.112. The fourth-order valence-corrected chi connectivity index (χ4v) is 1.68.